The van der Waals surface area contributed by atoms with Crippen molar-refractivity contribution in [3.05, 3.63) is 23.5 Å². The van der Waals surface area contributed by atoms with Crippen LogP contribution in [0.4, 0.5) is 0 Å². The highest BCUT2D eigenvalue weighted by Gasteiger charge is 2.16. The molecule has 0 saturated carbocycles. The number of aryl methyl sites for hydroxylation is 1. The molecule has 0 aliphatic carbocycles. The van der Waals surface area contributed by atoms with Crippen molar-refractivity contribution in [3.8, 4) is 0 Å². The van der Waals surface area contributed by atoms with Gasteiger partial charge in [0, 0.05) is 18.0 Å². The number of aliphatic hydroxyl groups excluding tert-OH is 1. The van der Waals surface area contributed by atoms with Gasteiger partial charge in [0.15, 0.2) is 5.65 Å². The zero-order chi connectivity index (χ0) is 17.1. The van der Waals surface area contributed by atoms with Crippen molar-refractivity contribution in [1.29, 1.82) is 0 Å². The monoisotopic (exact) mass is 318 g/mol. The molecule has 2 aromatic rings. The molecule has 2 rings (SSSR count). The van der Waals surface area contributed by atoms with Crippen molar-refractivity contribution < 1.29 is 9.90 Å². The van der Waals surface area contributed by atoms with Crippen LogP contribution in [0.1, 0.15) is 56.2 Å². The summed E-state index contributed by atoms with van der Waals surface area (Å²) in [5.74, 6) is 0.0891. The first kappa shape index (κ1) is 17.4. The Morgan fingerprint density at radius 2 is 2.04 bits per heavy atom. The molecule has 0 fully saturated rings. The number of amides is 1. The first-order valence-corrected chi connectivity index (χ1v) is 8.10. The van der Waals surface area contributed by atoms with Gasteiger partial charge in [0.05, 0.1) is 23.6 Å². The fourth-order valence-electron chi connectivity index (χ4n) is 2.70. The van der Waals surface area contributed by atoms with E-state index < -0.39 is 0 Å². The van der Waals surface area contributed by atoms with E-state index in [1.54, 1.807) is 13.1 Å². The summed E-state index contributed by atoms with van der Waals surface area (Å²) in [5.41, 5.74) is 2.07. The fraction of sp³-hybridized carbons (Fsp3) is 0.588. The first-order valence-electron chi connectivity index (χ1n) is 8.10. The van der Waals surface area contributed by atoms with Crippen LogP contribution in [0.2, 0.25) is 0 Å². The Kier molecular flexibility index (Phi) is 5.36. The first-order chi connectivity index (χ1) is 10.8. The SMILES string of the molecule is Cc1nc2c(cnn2C(C)C)cc1C(=O)NCC(C)CC(C)O. The molecule has 2 heterocycles. The van der Waals surface area contributed by atoms with E-state index in [0.29, 0.717) is 24.2 Å². The van der Waals surface area contributed by atoms with Gasteiger partial charge in [0.2, 0.25) is 0 Å². The number of hydrogen-bond donors (Lipinski definition) is 2. The third-order valence-corrected chi connectivity index (χ3v) is 3.85. The molecule has 0 saturated heterocycles. The highest BCUT2D eigenvalue weighted by atomic mass is 16.3. The highest BCUT2D eigenvalue weighted by molar-refractivity contribution is 5.98. The van der Waals surface area contributed by atoms with Crippen LogP contribution < -0.4 is 5.32 Å². The van der Waals surface area contributed by atoms with E-state index in [0.717, 1.165) is 11.0 Å². The highest BCUT2D eigenvalue weighted by Crippen LogP contribution is 2.19. The van der Waals surface area contributed by atoms with Crippen molar-refractivity contribution in [2.75, 3.05) is 6.54 Å². The Hall–Kier alpha value is -1.95. The molecule has 0 bridgehead atoms. The summed E-state index contributed by atoms with van der Waals surface area (Å²) in [6.45, 7) is 10.2. The molecular weight excluding hydrogens is 292 g/mol. The average Bonchev–Trinajstić information content (AvgIpc) is 2.86. The molecule has 6 heteroatoms. The Bertz CT molecular complexity index is 691. The molecule has 23 heavy (non-hydrogen) atoms. The second kappa shape index (κ2) is 7.08. The number of hydrogen-bond acceptors (Lipinski definition) is 4. The number of nitrogens with one attached hydrogen (secondary N) is 1. The zero-order valence-corrected chi connectivity index (χ0v) is 14.5. The minimum absolute atomic E-state index is 0.133. The molecule has 0 aliphatic rings. The Morgan fingerprint density at radius 1 is 1.35 bits per heavy atom. The van der Waals surface area contributed by atoms with E-state index >= 15 is 0 Å². The quantitative estimate of drug-likeness (QED) is 0.857. The Morgan fingerprint density at radius 3 is 2.65 bits per heavy atom. The predicted molar refractivity (Wildman–Crippen MR) is 90.4 cm³/mol. The predicted octanol–water partition coefficient (Wildman–Crippen LogP) is 2.46. The van der Waals surface area contributed by atoms with Gasteiger partial charge in [-0.1, -0.05) is 6.92 Å². The van der Waals surface area contributed by atoms with Gasteiger partial charge in [-0.25, -0.2) is 9.67 Å². The van der Waals surface area contributed by atoms with Crippen LogP contribution >= 0.6 is 0 Å². The van der Waals surface area contributed by atoms with Crippen molar-refractivity contribution in [1.82, 2.24) is 20.1 Å². The van der Waals surface area contributed by atoms with Crippen LogP contribution in [0.5, 0.6) is 0 Å². The molecule has 0 spiro atoms. The molecule has 2 unspecified atom stereocenters. The van der Waals surface area contributed by atoms with Crippen LogP contribution in [-0.4, -0.2) is 38.4 Å². The number of rotatable bonds is 6. The normalized spacial score (nSPS) is 14.2. The van der Waals surface area contributed by atoms with Crippen molar-refractivity contribution in [2.45, 2.75) is 53.2 Å². The van der Waals surface area contributed by atoms with E-state index in [4.69, 9.17) is 0 Å². The maximum Gasteiger partial charge on any atom is 0.253 e. The molecule has 2 aromatic heterocycles. The average molecular weight is 318 g/mol. The van der Waals surface area contributed by atoms with E-state index in [9.17, 15) is 9.90 Å². The topological polar surface area (TPSA) is 80.0 Å². The number of nitrogens with zero attached hydrogens (tertiary/aromatic N) is 3. The van der Waals surface area contributed by atoms with Crippen molar-refractivity contribution >= 4 is 16.9 Å². The molecule has 2 N–H and O–H groups in total. The smallest absolute Gasteiger partial charge is 0.253 e. The maximum atomic E-state index is 12.4. The van der Waals surface area contributed by atoms with Crippen LogP contribution in [-0.2, 0) is 0 Å². The molecule has 0 aliphatic heterocycles. The zero-order valence-electron chi connectivity index (χ0n) is 14.5. The van der Waals surface area contributed by atoms with Crippen LogP contribution in [0.15, 0.2) is 12.3 Å². The van der Waals surface area contributed by atoms with Crippen molar-refractivity contribution in [3.63, 3.8) is 0 Å². The summed E-state index contributed by atoms with van der Waals surface area (Å²) in [7, 11) is 0. The van der Waals surface area contributed by atoms with E-state index in [-0.39, 0.29) is 24.0 Å². The van der Waals surface area contributed by atoms with Gasteiger partial charge in [0.25, 0.3) is 5.91 Å². The van der Waals surface area contributed by atoms with Crippen LogP contribution in [0.25, 0.3) is 11.0 Å². The van der Waals surface area contributed by atoms with Gasteiger partial charge in [0.1, 0.15) is 0 Å². The maximum absolute atomic E-state index is 12.4. The number of carbonyl (C=O) groups is 1. The van der Waals surface area contributed by atoms with E-state index in [1.807, 2.05) is 38.4 Å². The lowest BCUT2D eigenvalue weighted by Gasteiger charge is -2.15. The molecule has 0 aromatic carbocycles. The lowest BCUT2D eigenvalue weighted by atomic mass is 10.0. The minimum Gasteiger partial charge on any atom is -0.393 e. The summed E-state index contributed by atoms with van der Waals surface area (Å²) in [4.78, 5) is 17.0. The van der Waals surface area contributed by atoms with Gasteiger partial charge in [-0.15, -0.1) is 0 Å². The van der Waals surface area contributed by atoms with Gasteiger partial charge >= 0.3 is 0 Å². The van der Waals surface area contributed by atoms with Gasteiger partial charge < -0.3 is 10.4 Å². The number of aromatic nitrogens is 3. The molecule has 6 nitrogen and oxygen atoms in total. The fourth-order valence-corrected chi connectivity index (χ4v) is 2.70. The summed E-state index contributed by atoms with van der Waals surface area (Å²) in [5, 5.41) is 17.5. The largest absolute Gasteiger partial charge is 0.393 e. The molecule has 1 amide bonds. The number of carbonyl (C=O) groups excluding carboxylic acids is 1. The van der Waals surface area contributed by atoms with Crippen molar-refractivity contribution in [2.24, 2.45) is 5.92 Å². The van der Waals surface area contributed by atoms with E-state index in [2.05, 4.69) is 15.4 Å². The van der Waals surface area contributed by atoms with Gasteiger partial charge in [-0.2, -0.15) is 5.10 Å². The third-order valence-electron chi connectivity index (χ3n) is 3.85. The lowest BCUT2D eigenvalue weighted by Crippen LogP contribution is -2.30. The second-order valence-corrected chi connectivity index (χ2v) is 6.62. The molecule has 2 atom stereocenters. The summed E-state index contributed by atoms with van der Waals surface area (Å²) in [6, 6.07) is 2.07. The van der Waals surface area contributed by atoms with Crippen LogP contribution in [0.3, 0.4) is 0 Å². The van der Waals surface area contributed by atoms with Crippen LogP contribution in [0, 0.1) is 12.8 Å². The number of aliphatic hydroxyl groups is 1. The summed E-state index contributed by atoms with van der Waals surface area (Å²) < 4.78 is 1.86. The number of pyridine rings is 1. The summed E-state index contributed by atoms with van der Waals surface area (Å²) >= 11 is 0. The van der Waals surface area contributed by atoms with Gasteiger partial charge in [-0.3, -0.25) is 4.79 Å². The third kappa shape index (κ3) is 4.07. The minimum atomic E-state index is -0.358. The second-order valence-electron chi connectivity index (χ2n) is 6.62. The summed E-state index contributed by atoms with van der Waals surface area (Å²) in [6.07, 6.45) is 2.05. The Labute approximate surface area is 136 Å². The lowest BCUT2D eigenvalue weighted by molar-refractivity contribution is 0.0938. The van der Waals surface area contributed by atoms with E-state index in [1.165, 1.54) is 0 Å². The molecular formula is C17H26N4O2. The standard InChI is InChI=1S/C17H26N4O2/c1-10(2)21-16-14(9-19-21)7-15(13(5)20-16)17(23)18-8-11(3)6-12(4)22/h7,9-12,22H,6,8H2,1-5H3,(H,18,23). The Balaban J connectivity index is 2.16. The molecule has 0 radical (unpaired) electrons. The number of fused-ring (bicyclic) bond motifs is 1. The van der Waals surface area contributed by atoms with Gasteiger partial charge in [-0.05, 0) is 46.1 Å². The molecule has 126 valence electrons.